The summed E-state index contributed by atoms with van der Waals surface area (Å²) in [5.41, 5.74) is 0. The third-order valence-electron chi connectivity index (χ3n) is 3.79. The first-order chi connectivity index (χ1) is 10.2. The van der Waals surface area contributed by atoms with Gasteiger partial charge >= 0.3 is 0 Å². The predicted molar refractivity (Wildman–Crippen MR) is 82.8 cm³/mol. The van der Waals surface area contributed by atoms with Crippen LogP contribution in [0.5, 0.6) is 0 Å². The quantitative estimate of drug-likeness (QED) is 0.750. The number of aliphatic hydroxyl groups excluding tert-OH is 1. The SMILES string of the molecule is O=C(CCSc1ccc(F)cc1)N(CCCO)C1CCC1. The van der Waals surface area contributed by atoms with Crippen molar-refractivity contribution in [2.45, 2.75) is 43.0 Å². The molecule has 0 spiro atoms. The molecule has 1 aromatic carbocycles. The highest BCUT2D eigenvalue weighted by Gasteiger charge is 2.27. The monoisotopic (exact) mass is 311 g/mol. The number of hydrogen-bond donors (Lipinski definition) is 1. The fourth-order valence-electron chi connectivity index (χ4n) is 2.38. The molecule has 0 atom stereocenters. The molecule has 21 heavy (non-hydrogen) atoms. The number of amides is 1. The van der Waals surface area contributed by atoms with Crippen molar-refractivity contribution in [3.05, 3.63) is 30.1 Å². The Labute approximate surface area is 129 Å². The second kappa shape index (κ2) is 8.39. The summed E-state index contributed by atoms with van der Waals surface area (Å²) in [5.74, 6) is 0.630. The van der Waals surface area contributed by atoms with Crippen molar-refractivity contribution in [3.63, 3.8) is 0 Å². The van der Waals surface area contributed by atoms with Crippen LogP contribution in [0.15, 0.2) is 29.2 Å². The third kappa shape index (κ3) is 5.00. The van der Waals surface area contributed by atoms with E-state index in [2.05, 4.69) is 0 Å². The molecular weight excluding hydrogens is 289 g/mol. The van der Waals surface area contributed by atoms with Gasteiger partial charge in [0.05, 0.1) is 0 Å². The molecule has 0 saturated heterocycles. The summed E-state index contributed by atoms with van der Waals surface area (Å²) in [6.45, 7) is 0.780. The minimum absolute atomic E-state index is 0.126. The largest absolute Gasteiger partial charge is 0.396 e. The molecule has 2 rings (SSSR count). The van der Waals surface area contributed by atoms with Crippen LogP contribution in [-0.2, 0) is 4.79 Å². The molecule has 5 heteroatoms. The van der Waals surface area contributed by atoms with Gasteiger partial charge in [0.15, 0.2) is 0 Å². The summed E-state index contributed by atoms with van der Waals surface area (Å²) in [6.07, 6.45) is 4.50. The highest BCUT2D eigenvalue weighted by atomic mass is 32.2. The summed E-state index contributed by atoms with van der Waals surface area (Å²) >= 11 is 1.57. The number of carbonyl (C=O) groups is 1. The smallest absolute Gasteiger partial charge is 0.223 e. The first-order valence-electron chi connectivity index (χ1n) is 7.49. The topological polar surface area (TPSA) is 40.5 Å². The van der Waals surface area contributed by atoms with Crippen LogP contribution in [0.4, 0.5) is 4.39 Å². The van der Waals surface area contributed by atoms with Gasteiger partial charge in [-0.3, -0.25) is 4.79 Å². The van der Waals surface area contributed by atoms with Gasteiger partial charge in [0.2, 0.25) is 5.91 Å². The van der Waals surface area contributed by atoms with E-state index in [0.717, 1.165) is 17.7 Å². The van der Waals surface area contributed by atoms with Crippen molar-refractivity contribution in [2.75, 3.05) is 18.9 Å². The number of thioether (sulfide) groups is 1. The minimum atomic E-state index is -0.240. The lowest BCUT2D eigenvalue weighted by molar-refractivity contribution is -0.134. The number of hydrogen-bond acceptors (Lipinski definition) is 3. The molecule has 1 aliphatic carbocycles. The van der Waals surface area contributed by atoms with E-state index >= 15 is 0 Å². The molecule has 0 radical (unpaired) electrons. The van der Waals surface area contributed by atoms with Crippen LogP contribution >= 0.6 is 11.8 Å². The van der Waals surface area contributed by atoms with Crippen molar-refractivity contribution in [1.82, 2.24) is 4.90 Å². The Kier molecular flexibility index (Phi) is 6.51. The Hall–Kier alpha value is -1.07. The average Bonchev–Trinajstić information content (AvgIpc) is 2.43. The van der Waals surface area contributed by atoms with E-state index in [1.807, 2.05) is 4.90 Å². The third-order valence-corrected chi connectivity index (χ3v) is 4.80. The van der Waals surface area contributed by atoms with Crippen LogP contribution in [0, 0.1) is 5.82 Å². The van der Waals surface area contributed by atoms with Gasteiger partial charge in [0.25, 0.3) is 0 Å². The summed E-state index contributed by atoms with van der Waals surface area (Å²) in [7, 11) is 0. The van der Waals surface area contributed by atoms with E-state index in [1.165, 1.54) is 18.6 Å². The fraction of sp³-hybridized carbons (Fsp3) is 0.562. The second-order valence-electron chi connectivity index (χ2n) is 5.30. The molecule has 0 heterocycles. The Balaban J connectivity index is 1.77. The van der Waals surface area contributed by atoms with Gasteiger partial charge in [-0.2, -0.15) is 0 Å². The standard InChI is InChI=1S/C16H22FNO2S/c17-13-5-7-15(8-6-13)21-12-9-16(20)18(10-2-11-19)14-3-1-4-14/h5-8,14,19H,1-4,9-12H2. The Bertz CT molecular complexity index is 448. The van der Waals surface area contributed by atoms with Crippen molar-refractivity contribution < 1.29 is 14.3 Å². The van der Waals surface area contributed by atoms with Gasteiger partial charge in [0.1, 0.15) is 5.82 Å². The van der Waals surface area contributed by atoms with Crippen LogP contribution in [-0.4, -0.2) is 40.9 Å². The fourth-order valence-corrected chi connectivity index (χ4v) is 3.22. The zero-order valence-electron chi connectivity index (χ0n) is 12.1. The van der Waals surface area contributed by atoms with E-state index < -0.39 is 0 Å². The first-order valence-corrected chi connectivity index (χ1v) is 8.48. The highest BCUT2D eigenvalue weighted by molar-refractivity contribution is 7.99. The number of rotatable bonds is 8. The molecular formula is C16H22FNO2S. The lowest BCUT2D eigenvalue weighted by Crippen LogP contribution is -2.45. The molecule has 1 aromatic rings. The highest BCUT2D eigenvalue weighted by Crippen LogP contribution is 2.26. The molecule has 0 aromatic heterocycles. The predicted octanol–water partition coefficient (Wildman–Crippen LogP) is 3.07. The number of aliphatic hydroxyl groups is 1. The van der Waals surface area contributed by atoms with Crippen LogP contribution in [0.25, 0.3) is 0 Å². The minimum Gasteiger partial charge on any atom is -0.396 e. The van der Waals surface area contributed by atoms with Crippen LogP contribution < -0.4 is 0 Å². The Morgan fingerprint density at radius 2 is 2.05 bits per heavy atom. The maximum absolute atomic E-state index is 12.8. The zero-order chi connectivity index (χ0) is 15.1. The molecule has 0 unspecified atom stereocenters. The van der Waals surface area contributed by atoms with E-state index in [0.29, 0.717) is 31.2 Å². The summed E-state index contributed by atoms with van der Waals surface area (Å²) in [5, 5.41) is 8.94. The van der Waals surface area contributed by atoms with Crippen molar-refractivity contribution >= 4 is 17.7 Å². The maximum Gasteiger partial charge on any atom is 0.223 e. The van der Waals surface area contributed by atoms with Crippen LogP contribution in [0.1, 0.15) is 32.1 Å². The number of carbonyl (C=O) groups excluding carboxylic acids is 1. The molecule has 1 amide bonds. The molecule has 116 valence electrons. The number of nitrogens with zero attached hydrogens (tertiary/aromatic N) is 1. The Morgan fingerprint density at radius 1 is 1.33 bits per heavy atom. The van der Waals surface area contributed by atoms with Crippen molar-refractivity contribution in [3.8, 4) is 0 Å². The molecule has 0 bridgehead atoms. The van der Waals surface area contributed by atoms with Crippen LogP contribution in [0.3, 0.4) is 0 Å². The Morgan fingerprint density at radius 3 is 2.62 bits per heavy atom. The molecule has 1 aliphatic rings. The summed E-state index contributed by atoms with van der Waals surface area (Å²) < 4.78 is 12.8. The average molecular weight is 311 g/mol. The number of benzene rings is 1. The van der Waals surface area contributed by atoms with Gasteiger partial charge in [-0.25, -0.2) is 4.39 Å². The normalized spacial score (nSPS) is 14.8. The molecule has 1 N–H and O–H groups in total. The number of halogens is 1. The molecule has 1 fully saturated rings. The van der Waals surface area contributed by atoms with E-state index in [1.54, 1.807) is 23.9 Å². The van der Waals surface area contributed by atoms with E-state index in [9.17, 15) is 9.18 Å². The van der Waals surface area contributed by atoms with Crippen molar-refractivity contribution in [2.24, 2.45) is 0 Å². The van der Waals surface area contributed by atoms with E-state index in [4.69, 9.17) is 5.11 Å². The first kappa shape index (κ1) is 16.3. The summed E-state index contributed by atoms with van der Waals surface area (Å²) in [6, 6.07) is 6.72. The van der Waals surface area contributed by atoms with Gasteiger partial charge in [0, 0.05) is 36.3 Å². The molecule has 3 nitrogen and oxygen atoms in total. The lowest BCUT2D eigenvalue weighted by atomic mass is 9.91. The summed E-state index contributed by atoms with van der Waals surface area (Å²) in [4.78, 5) is 15.2. The van der Waals surface area contributed by atoms with E-state index in [-0.39, 0.29) is 18.3 Å². The zero-order valence-corrected chi connectivity index (χ0v) is 12.9. The van der Waals surface area contributed by atoms with Crippen molar-refractivity contribution in [1.29, 1.82) is 0 Å². The van der Waals surface area contributed by atoms with Gasteiger partial charge < -0.3 is 10.0 Å². The lowest BCUT2D eigenvalue weighted by Gasteiger charge is -2.37. The maximum atomic E-state index is 12.8. The van der Waals surface area contributed by atoms with Crippen LogP contribution in [0.2, 0.25) is 0 Å². The van der Waals surface area contributed by atoms with Gasteiger partial charge in [-0.1, -0.05) is 0 Å². The molecule has 0 aliphatic heterocycles. The van der Waals surface area contributed by atoms with Gasteiger partial charge in [-0.15, -0.1) is 11.8 Å². The second-order valence-corrected chi connectivity index (χ2v) is 6.47. The van der Waals surface area contributed by atoms with Gasteiger partial charge in [-0.05, 0) is 49.9 Å². The molecule has 1 saturated carbocycles.